The van der Waals surface area contributed by atoms with Gasteiger partial charge in [0.05, 0.1) is 13.2 Å². The van der Waals surface area contributed by atoms with Crippen LogP contribution >= 0.6 is 15.9 Å². The van der Waals surface area contributed by atoms with E-state index in [1.165, 1.54) is 5.56 Å². The van der Waals surface area contributed by atoms with E-state index in [0.29, 0.717) is 0 Å². The van der Waals surface area contributed by atoms with Crippen molar-refractivity contribution in [2.24, 2.45) is 5.41 Å². The van der Waals surface area contributed by atoms with Crippen molar-refractivity contribution in [3.05, 3.63) is 33.8 Å². The van der Waals surface area contributed by atoms with Crippen LogP contribution in [-0.2, 0) is 15.9 Å². The molecule has 0 unspecified atom stereocenters. The summed E-state index contributed by atoms with van der Waals surface area (Å²) >= 11 is 3.52. The van der Waals surface area contributed by atoms with Gasteiger partial charge in [0.2, 0.25) is 0 Å². The van der Waals surface area contributed by atoms with Crippen LogP contribution in [-0.4, -0.2) is 24.7 Å². The lowest BCUT2D eigenvalue weighted by Gasteiger charge is -2.41. The molecule has 1 saturated carbocycles. The van der Waals surface area contributed by atoms with E-state index in [9.17, 15) is 0 Å². The second-order valence-electron chi connectivity index (χ2n) is 6.24. The van der Waals surface area contributed by atoms with Crippen molar-refractivity contribution in [2.75, 3.05) is 13.2 Å². The van der Waals surface area contributed by atoms with Crippen LogP contribution in [0.5, 0.6) is 0 Å². The van der Waals surface area contributed by atoms with Crippen molar-refractivity contribution < 1.29 is 9.47 Å². The summed E-state index contributed by atoms with van der Waals surface area (Å²) < 4.78 is 12.7. The van der Waals surface area contributed by atoms with Gasteiger partial charge in [0, 0.05) is 34.0 Å². The van der Waals surface area contributed by atoms with Crippen molar-refractivity contribution in [3.8, 4) is 0 Å². The molecule has 0 bridgehead atoms. The van der Waals surface area contributed by atoms with E-state index in [0.717, 1.165) is 61.1 Å². The van der Waals surface area contributed by atoms with E-state index in [-0.39, 0.29) is 11.2 Å². The first kappa shape index (κ1) is 13.0. The van der Waals surface area contributed by atoms with Crippen LogP contribution in [0, 0.1) is 10.8 Å². The van der Waals surface area contributed by atoms with Gasteiger partial charge >= 0.3 is 0 Å². The predicted molar refractivity (Wildman–Crippen MR) is 80.2 cm³/mol. The van der Waals surface area contributed by atoms with Crippen LogP contribution in [0.2, 0.25) is 0 Å². The standard InChI is InChI=1S/C16H18BrNO2/c17-12-2-1-11-10-15(14(18)13(11)9-12)3-5-16(6-4-15)19-7-8-20-16/h1-2,9,18H,3-8,10H2. The van der Waals surface area contributed by atoms with Gasteiger partial charge in [0.1, 0.15) is 0 Å². The molecule has 2 spiro atoms. The Hall–Kier alpha value is -0.710. The quantitative estimate of drug-likeness (QED) is 0.785. The second-order valence-corrected chi connectivity index (χ2v) is 7.16. The third-order valence-corrected chi connectivity index (χ3v) is 5.68. The molecule has 0 aromatic heterocycles. The van der Waals surface area contributed by atoms with E-state index in [4.69, 9.17) is 14.9 Å². The molecule has 2 fully saturated rings. The van der Waals surface area contributed by atoms with Gasteiger partial charge in [0.15, 0.2) is 5.79 Å². The molecule has 20 heavy (non-hydrogen) atoms. The first-order valence-electron chi connectivity index (χ1n) is 7.28. The Kier molecular flexibility index (Phi) is 2.85. The lowest BCUT2D eigenvalue weighted by Crippen LogP contribution is -2.42. The topological polar surface area (TPSA) is 42.3 Å². The van der Waals surface area contributed by atoms with Gasteiger partial charge in [-0.1, -0.05) is 22.0 Å². The molecular formula is C16H18BrNO2. The zero-order valence-corrected chi connectivity index (χ0v) is 13.0. The molecule has 3 aliphatic rings. The lowest BCUT2D eigenvalue weighted by molar-refractivity contribution is -0.186. The highest BCUT2D eigenvalue weighted by Crippen LogP contribution is 2.51. The largest absolute Gasteiger partial charge is 0.348 e. The SMILES string of the molecule is N=C1c2cc(Br)ccc2CC12CCC1(CC2)OCCO1. The smallest absolute Gasteiger partial charge is 0.168 e. The summed E-state index contributed by atoms with van der Waals surface area (Å²) in [5, 5.41) is 8.63. The van der Waals surface area contributed by atoms with Crippen LogP contribution in [0.1, 0.15) is 36.8 Å². The Morgan fingerprint density at radius 1 is 1.05 bits per heavy atom. The van der Waals surface area contributed by atoms with Gasteiger partial charge in [-0.05, 0) is 37.0 Å². The normalized spacial score (nSPS) is 26.4. The average Bonchev–Trinajstić information content (AvgIpc) is 3.00. The summed E-state index contributed by atoms with van der Waals surface area (Å²) in [5.74, 6) is -0.332. The summed E-state index contributed by atoms with van der Waals surface area (Å²) in [6, 6.07) is 6.34. The molecule has 1 heterocycles. The van der Waals surface area contributed by atoms with Gasteiger partial charge in [-0.2, -0.15) is 0 Å². The molecule has 1 N–H and O–H groups in total. The van der Waals surface area contributed by atoms with Crippen LogP contribution in [0.15, 0.2) is 22.7 Å². The number of hydrogen-bond acceptors (Lipinski definition) is 3. The summed E-state index contributed by atoms with van der Waals surface area (Å²) in [6.07, 6.45) is 4.84. The van der Waals surface area contributed by atoms with Crippen LogP contribution < -0.4 is 0 Å². The van der Waals surface area contributed by atoms with Crippen LogP contribution in [0.4, 0.5) is 0 Å². The summed E-state index contributed by atoms with van der Waals surface area (Å²) in [4.78, 5) is 0. The molecule has 2 aliphatic carbocycles. The molecular weight excluding hydrogens is 318 g/mol. The number of rotatable bonds is 0. The fourth-order valence-corrected chi connectivity index (χ4v) is 4.36. The van der Waals surface area contributed by atoms with Crippen LogP contribution in [0.25, 0.3) is 0 Å². The molecule has 1 aromatic carbocycles. The summed E-state index contributed by atoms with van der Waals surface area (Å²) in [6.45, 7) is 1.44. The maximum atomic E-state index is 8.63. The monoisotopic (exact) mass is 335 g/mol. The first-order valence-corrected chi connectivity index (χ1v) is 8.08. The maximum Gasteiger partial charge on any atom is 0.168 e. The molecule has 1 saturated heterocycles. The van der Waals surface area contributed by atoms with Crippen molar-refractivity contribution in [1.29, 1.82) is 5.41 Å². The molecule has 4 rings (SSSR count). The third kappa shape index (κ3) is 1.81. The molecule has 0 amide bonds. The average molecular weight is 336 g/mol. The molecule has 1 aliphatic heterocycles. The number of halogens is 1. The highest BCUT2D eigenvalue weighted by molar-refractivity contribution is 9.10. The van der Waals surface area contributed by atoms with Crippen molar-refractivity contribution in [1.82, 2.24) is 0 Å². The Bertz CT molecular complexity index is 568. The molecule has 106 valence electrons. The zero-order chi connectivity index (χ0) is 13.8. The van der Waals surface area contributed by atoms with Gasteiger partial charge in [-0.3, -0.25) is 0 Å². The van der Waals surface area contributed by atoms with Gasteiger partial charge in [-0.15, -0.1) is 0 Å². The Balaban J connectivity index is 1.60. The van der Waals surface area contributed by atoms with E-state index < -0.39 is 0 Å². The lowest BCUT2D eigenvalue weighted by atomic mass is 9.69. The molecule has 1 aromatic rings. The summed E-state index contributed by atoms with van der Waals surface area (Å²) in [5.41, 5.74) is 3.29. The Labute approximate surface area is 127 Å². The minimum atomic E-state index is -0.332. The number of fused-ring (bicyclic) bond motifs is 1. The third-order valence-electron chi connectivity index (χ3n) is 5.18. The van der Waals surface area contributed by atoms with Crippen molar-refractivity contribution in [2.45, 2.75) is 37.9 Å². The van der Waals surface area contributed by atoms with E-state index >= 15 is 0 Å². The van der Waals surface area contributed by atoms with E-state index in [2.05, 4.69) is 34.1 Å². The fourth-order valence-electron chi connectivity index (χ4n) is 4.00. The minimum Gasteiger partial charge on any atom is -0.348 e. The Morgan fingerprint density at radius 2 is 1.75 bits per heavy atom. The molecule has 0 radical (unpaired) electrons. The highest BCUT2D eigenvalue weighted by atomic mass is 79.9. The summed E-state index contributed by atoms with van der Waals surface area (Å²) in [7, 11) is 0. The van der Waals surface area contributed by atoms with Gasteiger partial charge in [0.25, 0.3) is 0 Å². The van der Waals surface area contributed by atoms with Crippen molar-refractivity contribution in [3.63, 3.8) is 0 Å². The van der Waals surface area contributed by atoms with E-state index in [1.807, 2.05) is 0 Å². The predicted octanol–water partition coefficient (Wildman–Crippen LogP) is 3.68. The van der Waals surface area contributed by atoms with Crippen LogP contribution in [0.3, 0.4) is 0 Å². The number of nitrogens with one attached hydrogen (secondary N) is 1. The van der Waals surface area contributed by atoms with Crippen molar-refractivity contribution >= 4 is 21.6 Å². The van der Waals surface area contributed by atoms with E-state index in [1.54, 1.807) is 0 Å². The minimum absolute atomic E-state index is 0.0175. The van der Waals surface area contributed by atoms with Gasteiger partial charge < -0.3 is 14.9 Å². The molecule has 3 nitrogen and oxygen atoms in total. The highest BCUT2D eigenvalue weighted by Gasteiger charge is 2.50. The number of ether oxygens (including phenoxy) is 2. The zero-order valence-electron chi connectivity index (χ0n) is 11.4. The maximum absolute atomic E-state index is 8.63. The molecule has 4 heteroatoms. The fraction of sp³-hybridized carbons (Fsp3) is 0.562. The Morgan fingerprint density at radius 3 is 2.45 bits per heavy atom. The number of benzene rings is 1. The second kappa shape index (κ2) is 4.39. The molecule has 0 atom stereocenters. The van der Waals surface area contributed by atoms with Gasteiger partial charge in [-0.25, -0.2) is 0 Å². The first-order chi connectivity index (χ1) is 9.63. The number of hydrogen-bond donors (Lipinski definition) is 1.